The first-order valence-corrected chi connectivity index (χ1v) is 6.03. The number of aromatic nitrogens is 2. The molecule has 0 aliphatic heterocycles. The molecular weight excluding hydrogens is 232 g/mol. The van der Waals surface area contributed by atoms with E-state index in [0.717, 1.165) is 17.1 Å². The molecule has 0 spiro atoms. The van der Waals surface area contributed by atoms with Crippen molar-refractivity contribution < 1.29 is 0 Å². The zero-order valence-electron chi connectivity index (χ0n) is 10.1. The van der Waals surface area contributed by atoms with Gasteiger partial charge in [0.25, 0.3) is 0 Å². The highest BCUT2D eigenvalue weighted by molar-refractivity contribution is 6.29. The van der Waals surface area contributed by atoms with E-state index < -0.39 is 0 Å². The van der Waals surface area contributed by atoms with Crippen LogP contribution in [-0.2, 0) is 5.41 Å². The van der Waals surface area contributed by atoms with Gasteiger partial charge >= 0.3 is 0 Å². The van der Waals surface area contributed by atoms with E-state index in [1.54, 1.807) is 0 Å². The van der Waals surface area contributed by atoms with Gasteiger partial charge in [0, 0.05) is 11.1 Å². The first-order chi connectivity index (χ1) is 8.00. The largest absolute Gasteiger partial charge is 0.251 e. The minimum Gasteiger partial charge on any atom is -0.251 e. The van der Waals surface area contributed by atoms with Crippen LogP contribution in [0.4, 0.5) is 0 Å². The first-order valence-electron chi connectivity index (χ1n) is 5.65. The van der Waals surface area contributed by atoms with Crippen molar-refractivity contribution >= 4 is 11.6 Å². The van der Waals surface area contributed by atoms with Gasteiger partial charge in [-0.15, -0.1) is 0 Å². The summed E-state index contributed by atoms with van der Waals surface area (Å²) in [7, 11) is 0. The smallest absolute Gasteiger partial charge is 0.129 e. The number of aryl methyl sites for hydroxylation is 1. The second kappa shape index (κ2) is 3.30. The van der Waals surface area contributed by atoms with E-state index in [1.165, 1.54) is 11.1 Å². The van der Waals surface area contributed by atoms with Gasteiger partial charge in [-0.3, -0.25) is 4.98 Å². The second-order valence-corrected chi connectivity index (χ2v) is 5.39. The Morgan fingerprint density at radius 2 is 1.53 bits per heavy atom. The number of hydrogen-bond donors (Lipinski definition) is 0. The lowest BCUT2D eigenvalue weighted by molar-refractivity contribution is 0.657. The van der Waals surface area contributed by atoms with Crippen LogP contribution in [0.1, 0.15) is 30.7 Å². The van der Waals surface area contributed by atoms with Crippen LogP contribution in [0.2, 0.25) is 5.15 Å². The first kappa shape index (κ1) is 10.7. The van der Waals surface area contributed by atoms with Gasteiger partial charge in [-0.05, 0) is 30.2 Å². The Morgan fingerprint density at radius 3 is 2.24 bits per heavy atom. The van der Waals surface area contributed by atoms with E-state index >= 15 is 0 Å². The van der Waals surface area contributed by atoms with Crippen LogP contribution in [0.3, 0.4) is 0 Å². The van der Waals surface area contributed by atoms with Crippen LogP contribution >= 0.6 is 11.6 Å². The van der Waals surface area contributed by atoms with Crippen LogP contribution < -0.4 is 0 Å². The maximum atomic E-state index is 5.98. The van der Waals surface area contributed by atoms with E-state index in [4.69, 9.17) is 11.6 Å². The molecule has 0 unspecified atom stereocenters. The Morgan fingerprint density at radius 1 is 0.941 bits per heavy atom. The summed E-state index contributed by atoms with van der Waals surface area (Å²) in [5.41, 5.74) is 5.31. The molecule has 3 rings (SSSR count). The van der Waals surface area contributed by atoms with E-state index in [-0.39, 0.29) is 5.41 Å². The van der Waals surface area contributed by atoms with E-state index in [0.29, 0.717) is 5.15 Å². The molecule has 86 valence electrons. The molecule has 17 heavy (non-hydrogen) atoms. The van der Waals surface area contributed by atoms with Crippen LogP contribution in [0.15, 0.2) is 24.3 Å². The molecule has 2 heterocycles. The van der Waals surface area contributed by atoms with E-state index in [9.17, 15) is 0 Å². The minimum atomic E-state index is -0.0387. The number of hydrogen-bond acceptors (Lipinski definition) is 2. The molecule has 0 atom stereocenters. The van der Waals surface area contributed by atoms with Crippen molar-refractivity contribution in [3.8, 4) is 11.4 Å². The van der Waals surface area contributed by atoms with Gasteiger partial charge in [0.05, 0.1) is 11.4 Å². The highest BCUT2D eigenvalue weighted by atomic mass is 35.5. The van der Waals surface area contributed by atoms with Gasteiger partial charge in [0.2, 0.25) is 0 Å². The summed E-state index contributed by atoms with van der Waals surface area (Å²) in [5, 5.41) is 0.524. The van der Waals surface area contributed by atoms with Crippen molar-refractivity contribution in [2.75, 3.05) is 0 Å². The second-order valence-electron chi connectivity index (χ2n) is 5.00. The van der Waals surface area contributed by atoms with Gasteiger partial charge in [-0.1, -0.05) is 37.6 Å². The lowest BCUT2D eigenvalue weighted by Crippen LogP contribution is -2.15. The van der Waals surface area contributed by atoms with Crippen LogP contribution in [0.5, 0.6) is 0 Å². The van der Waals surface area contributed by atoms with Crippen molar-refractivity contribution in [3.05, 3.63) is 46.2 Å². The Labute approximate surface area is 106 Å². The Hall–Kier alpha value is -1.41. The van der Waals surface area contributed by atoms with Crippen molar-refractivity contribution in [1.29, 1.82) is 0 Å². The molecule has 0 saturated heterocycles. The molecule has 0 N–H and O–H groups in total. The average Bonchev–Trinajstić information content (AvgIpc) is 2.47. The quantitative estimate of drug-likeness (QED) is 0.660. The number of pyridine rings is 2. The van der Waals surface area contributed by atoms with E-state index in [1.807, 2.05) is 19.1 Å². The molecule has 0 aromatic carbocycles. The fourth-order valence-electron chi connectivity index (χ4n) is 2.51. The van der Waals surface area contributed by atoms with Crippen molar-refractivity contribution in [3.63, 3.8) is 0 Å². The highest BCUT2D eigenvalue weighted by Crippen LogP contribution is 2.46. The molecule has 3 heteroatoms. The topological polar surface area (TPSA) is 25.8 Å². The summed E-state index contributed by atoms with van der Waals surface area (Å²) in [4.78, 5) is 9.05. The molecule has 0 bridgehead atoms. The third kappa shape index (κ3) is 1.40. The SMILES string of the molecule is Cc1ccc2c(n1)-c1nc(Cl)ccc1C2(C)C. The number of halogens is 1. The summed E-state index contributed by atoms with van der Waals surface area (Å²) in [6.45, 7) is 6.39. The molecule has 0 saturated carbocycles. The van der Waals surface area contributed by atoms with Gasteiger partial charge in [0.1, 0.15) is 5.15 Å². The molecule has 0 fully saturated rings. The summed E-state index contributed by atoms with van der Waals surface area (Å²) in [6, 6.07) is 8.10. The average molecular weight is 245 g/mol. The number of rotatable bonds is 0. The maximum absolute atomic E-state index is 5.98. The van der Waals surface area contributed by atoms with E-state index in [2.05, 4.69) is 35.9 Å². The number of nitrogens with zero attached hydrogens (tertiary/aromatic N) is 2. The van der Waals surface area contributed by atoms with Crippen LogP contribution in [0, 0.1) is 6.92 Å². The molecule has 2 nitrogen and oxygen atoms in total. The molecule has 1 aliphatic carbocycles. The Bertz CT molecular complexity index is 564. The lowest BCUT2D eigenvalue weighted by Gasteiger charge is -2.20. The molecule has 2 aromatic heterocycles. The zero-order chi connectivity index (χ0) is 12.2. The predicted octanol–water partition coefficient (Wildman–Crippen LogP) is 3.74. The normalized spacial score (nSPS) is 15.5. The summed E-state index contributed by atoms with van der Waals surface area (Å²) < 4.78 is 0. The third-order valence-electron chi connectivity index (χ3n) is 3.47. The van der Waals surface area contributed by atoms with Crippen molar-refractivity contribution in [2.45, 2.75) is 26.2 Å². The minimum absolute atomic E-state index is 0.0387. The van der Waals surface area contributed by atoms with Crippen molar-refractivity contribution in [1.82, 2.24) is 9.97 Å². The summed E-state index contributed by atoms with van der Waals surface area (Å²) >= 11 is 5.98. The Balaban J connectivity index is 2.39. The summed E-state index contributed by atoms with van der Waals surface area (Å²) in [5.74, 6) is 0. The van der Waals surface area contributed by atoms with Gasteiger partial charge in [-0.2, -0.15) is 0 Å². The standard InChI is InChI=1S/C14H13ClN2/c1-8-4-5-9-12(16-8)13-10(14(9,2)3)6-7-11(15)17-13/h4-7H,1-3H3. The fraction of sp³-hybridized carbons (Fsp3) is 0.286. The Kier molecular flexibility index (Phi) is 2.08. The van der Waals surface area contributed by atoms with Gasteiger partial charge < -0.3 is 0 Å². The lowest BCUT2D eigenvalue weighted by atomic mass is 9.83. The number of fused-ring (bicyclic) bond motifs is 3. The molecule has 0 amide bonds. The van der Waals surface area contributed by atoms with Crippen LogP contribution in [-0.4, -0.2) is 9.97 Å². The van der Waals surface area contributed by atoms with Gasteiger partial charge in [0.15, 0.2) is 0 Å². The highest BCUT2D eigenvalue weighted by Gasteiger charge is 2.37. The summed E-state index contributed by atoms with van der Waals surface area (Å²) in [6.07, 6.45) is 0. The third-order valence-corrected chi connectivity index (χ3v) is 3.68. The maximum Gasteiger partial charge on any atom is 0.129 e. The van der Waals surface area contributed by atoms with Crippen molar-refractivity contribution in [2.24, 2.45) is 0 Å². The van der Waals surface area contributed by atoms with Gasteiger partial charge in [-0.25, -0.2) is 4.98 Å². The zero-order valence-corrected chi connectivity index (χ0v) is 10.8. The molecule has 1 aliphatic rings. The fourth-order valence-corrected chi connectivity index (χ4v) is 2.65. The molecule has 2 aromatic rings. The predicted molar refractivity (Wildman–Crippen MR) is 69.3 cm³/mol. The molecular formula is C14H13ClN2. The molecule has 0 radical (unpaired) electrons. The monoisotopic (exact) mass is 244 g/mol. The van der Waals surface area contributed by atoms with Crippen LogP contribution in [0.25, 0.3) is 11.4 Å².